The molecule has 1 heterocycles. The second kappa shape index (κ2) is 3.37. The van der Waals surface area contributed by atoms with Crippen LogP contribution in [0.4, 0.5) is 8.78 Å². The van der Waals surface area contributed by atoms with Crippen LogP contribution >= 0.6 is 11.6 Å². The first kappa shape index (κ1) is 9.41. The summed E-state index contributed by atoms with van der Waals surface area (Å²) in [4.78, 5) is 0. The number of aliphatic hydroxyl groups excluding tert-OH is 1. The Bertz CT molecular complexity index is 287. The lowest BCUT2D eigenvalue weighted by Crippen LogP contribution is -1.92. The van der Waals surface area contributed by atoms with Crippen molar-refractivity contribution in [2.45, 2.75) is 13.0 Å². The summed E-state index contributed by atoms with van der Waals surface area (Å²) in [6, 6.07) is 0. The van der Waals surface area contributed by atoms with Crippen molar-refractivity contribution in [3.05, 3.63) is 16.4 Å². The van der Waals surface area contributed by atoms with Crippen molar-refractivity contribution in [3.8, 4) is 0 Å². The van der Waals surface area contributed by atoms with E-state index >= 15 is 0 Å². The third-order valence-corrected chi connectivity index (χ3v) is 1.94. The van der Waals surface area contributed by atoms with Crippen molar-refractivity contribution < 1.29 is 13.9 Å². The Kier molecular flexibility index (Phi) is 2.64. The SMILES string of the molecule is Cn1nc(C(F)F)c(CO)c1Cl. The van der Waals surface area contributed by atoms with Gasteiger partial charge in [-0.3, -0.25) is 4.68 Å². The molecule has 1 N–H and O–H groups in total. The monoisotopic (exact) mass is 196 g/mol. The molecule has 0 unspecified atom stereocenters. The van der Waals surface area contributed by atoms with Gasteiger partial charge in [-0.2, -0.15) is 5.10 Å². The molecule has 0 aliphatic rings. The van der Waals surface area contributed by atoms with Gasteiger partial charge in [0.15, 0.2) is 0 Å². The second-order valence-corrected chi connectivity index (χ2v) is 2.60. The quantitative estimate of drug-likeness (QED) is 0.779. The number of halogens is 3. The number of hydrogen-bond acceptors (Lipinski definition) is 2. The van der Waals surface area contributed by atoms with E-state index in [1.807, 2.05) is 0 Å². The van der Waals surface area contributed by atoms with Gasteiger partial charge in [0.1, 0.15) is 10.8 Å². The van der Waals surface area contributed by atoms with Crippen LogP contribution < -0.4 is 0 Å². The molecule has 3 nitrogen and oxygen atoms in total. The molecule has 0 aliphatic carbocycles. The van der Waals surface area contributed by atoms with Crippen LogP contribution in [0.3, 0.4) is 0 Å². The van der Waals surface area contributed by atoms with Crippen molar-refractivity contribution in [1.82, 2.24) is 9.78 Å². The summed E-state index contributed by atoms with van der Waals surface area (Å²) < 4.78 is 25.4. The number of alkyl halides is 2. The van der Waals surface area contributed by atoms with Gasteiger partial charge in [0, 0.05) is 12.6 Å². The highest BCUT2D eigenvalue weighted by Gasteiger charge is 2.20. The standard InChI is InChI=1S/C6H7ClF2N2O/c1-11-5(7)3(2-12)4(10-11)6(8)9/h6,12H,2H2,1H3. The third kappa shape index (κ3) is 1.42. The molecule has 0 saturated heterocycles. The molecule has 6 heteroatoms. The lowest BCUT2D eigenvalue weighted by Gasteiger charge is -1.95. The molecule has 0 radical (unpaired) electrons. The molecule has 0 amide bonds. The minimum atomic E-state index is -2.70. The zero-order valence-electron chi connectivity index (χ0n) is 6.26. The van der Waals surface area contributed by atoms with E-state index in [1.165, 1.54) is 7.05 Å². The Hall–Kier alpha value is -0.680. The van der Waals surface area contributed by atoms with Crippen molar-refractivity contribution in [3.63, 3.8) is 0 Å². The summed E-state index contributed by atoms with van der Waals surface area (Å²) in [5.74, 6) is 0. The average molecular weight is 197 g/mol. The normalized spacial score (nSPS) is 11.2. The van der Waals surface area contributed by atoms with E-state index in [9.17, 15) is 8.78 Å². The molecule has 12 heavy (non-hydrogen) atoms. The summed E-state index contributed by atoms with van der Waals surface area (Å²) in [6.07, 6.45) is -2.70. The molecule has 0 fully saturated rings. The van der Waals surface area contributed by atoms with Crippen molar-refractivity contribution in [2.24, 2.45) is 7.05 Å². The van der Waals surface area contributed by atoms with Gasteiger partial charge in [0.25, 0.3) is 6.43 Å². The summed E-state index contributed by atoms with van der Waals surface area (Å²) in [7, 11) is 1.44. The van der Waals surface area contributed by atoms with E-state index in [2.05, 4.69) is 5.10 Å². The zero-order valence-corrected chi connectivity index (χ0v) is 7.02. The molecule has 1 aromatic heterocycles. The van der Waals surface area contributed by atoms with E-state index in [1.54, 1.807) is 0 Å². The molecule has 0 aliphatic heterocycles. The van der Waals surface area contributed by atoms with Gasteiger partial charge in [0.05, 0.1) is 6.61 Å². The predicted molar refractivity (Wildman–Crippen MR) is 39.1 cm³/mol. The second-order valence-electron chi connectivity index (χ2n) is 2.24. The molecule has 0 bridgehead atoms. The molecule has 0 aromatic carbocycles. The highest BCUT2D eigenvalue weighted by Crippen LogP contribution is 2.26. The Balaban J connectivity index is 3.20. The molecule has 68 valence electrons. The van der Waals surface area contributed by atoms with Crippen LogP contribution in [0.25, 0.3) is 0 Å². The van der Waals surface area contributed by atoms with E-state index < -0.39 is 18.7 Å². The van der Waals surface area contributed by atoms with Crippen molar-refractivity contribution in [1.29, 1.82) is 0 Å². The molecule has 0 saturated carbocycles. The van der Waals surface area contributed by atoms with Gasteiger partial charge in [-0.1, -0.05) is 11.6 Å². The predicted octanol–water partition coefficient (Wildman–Crippen LogP) is 1.50. The lowest BCUT2D eigenvalue weighted by atomic mass is 10.3. The minimum absolute atomic E-state index is 0.00540. The minimum Gasteiger partial charge on any atom is -0.391 e. The zero-order chi connectivity index (χ0) is 9.30. The van der Waals surface area contributed by atoms with Crippen LogP contribution in [0, 0.1) is 0 Å². The van der Waals surface area contributed by atoms with Gasteiger partial charge in [0.2, 0.25) is 0 Å². The lowest BCUT2D eigenvalue weighted by molar-refractivity contribution is 0.141. The van der Waals surface area contributed by atoms with Crippen LogP contribution in [0.5, 0.6) is 0 Å². The van der Waals surface area contributed by atoms with Gasteiger partial charge >= 0.3 is 0 Å². The first-order valence-corrected chi connectivity index (χ1v) is 3.56. The molecular weight excluding hydrogens is 190 g/mol. The third-order valence-electron chi connectivity index (χ3n) is 1.46. The first-order valence-electron chi connectivity index (χ1n) is 3.18. The van der Waals surface area contributed by atoms with E-state index in [0.717, 1.165) is 4.68 Å². The Morgan fingerprint density at radius 1 is 1.67 bits per heavy atom. The Morgan fingerprint density at radius 3 is 2.58 bits per heavy atom. The number of aliphatic hydroxyl groups is 1. The van der Waals surface area contributed by atoms with Crippen LogP contribution in [-0.4, -0.2) is 14.9 Å². The largest absolute Gasteiger partial charge is 0.391 e. The van der Waals surface area contributed by atoms with Gasteiger partial charge < -0.3 is 5.11 Å². The fourth-order valence-corrected chi connectivity index (χ4v) is 1.08. The average Bonchev–Trinajstić information content (AvgIpc) is 2.29. The number of hydrogen-bond donors (Lipinski definition) is 1. The number of nitrogens with zero attached hydrogens (tertiary/aromatic N) is 2. The first-order chi connectivity index (χ1) is 5.57. The summed E-state index contributed by atoms with van der Waals surface area (Å²) in [5.41, 5.74) is -0.459. The number of aryl methyl sites for hydroxylation is 1. The molecule has 0 atom stereocenters. The highest BCUT2D eigenvalue weighted by molar-refractivity contribution is 6.30. The van der Waals surface area contributed by atoms with Crippen LogP contribution in [0.2, 0.25) is 5.15 Å². The molecule has 1 rings (SSSR count). The summed E-state index contributed by atoms with van der Waals surface area (Å²) in [6.45, 7) is -0.521. The summed E-state index contributed by atoms with van der Waals surface area (Å²) in [5, 5.41) is 12.2. The van der Waals surface area contributed by atoms with E-state index in [0.29, 0.717) is 0 Å². The van der Waals surface area contributed by atoms with E-state index in [4.69, 9.17) is 16.7 Å². The van der Waals surface area contributed by atoms with Crippen molar-refractivity contribution in [2.75, 3.05) is 0 Å². The molecule has 1 aromatic rings. The number of aromatic nitrogens is 2. The fraction of sp³-hybridized carbons (Fsp3) is 0.500. The molecule has 0 spiro atoms. The van der Waals surface area contributed by atoms with Crippen LogP contribution in [-0.2, 0) is 13.7 Å². The van der Waals surface area contributed by atoms with Crippen molar-refractivity contribution >= 4 is 11.6 Å². The maximum atomic E-state index is 12.2. The van der Waals surface area contributed by atoms with Crippen LogP contribution in [0.1, 0.15) is 17.7 Å². The highest BCUT2D eigenvalue weighted by atomic mass is 35.5. The maximum Gasteiger partial charge on any atom is 0.282 e. The van der Waals surface area contributed by atoms with Crippen LogP contribution in [0.15, 0.2) is 0 Å². The van der Waals surface area contributed by atoms with E-state index in [-0.39, 0.29) is 10.7 Å². The fourth-order valence-electron chi connectivity index (χ4n) is 0.888. The van der Waals surface area contributed by atoms with Gasteiger partial charge in [-0.25, -0.2) is 8.78 Å². The number of rotatable bonds is 2. The van der Waals surface area contributed by atoms with Gasteiger partial charge in [-0.05, 0) is 0 Å². The summed E-state index contributed by atoms with van der Waals surface area (Å²) >= 11 is 5.57. The van der Waals surface area contributed by atoms with Gasteiger partial charge in [-0.15, -0.1) is 0 Å². The Labute approximate surface area is 72.6 Å². The Morgan fingerprint density at radius 2 is 2.25 bits per heavy atom. The smallest absolute Gasteiger partial charge is 0.282 e. The maximum absolute atomic E-state index is 12.2. The molecular formula is C6H7ClF2N2O. The topological polar surface area (TPSA) is 38.0 Å².